The van der Waals surface area contributed by atoms with Crippen molar-refractivity contribution in [1.82, 2.24) is 0 Å². The summed E-state index contributed by atoms with van der Waals surface area (Å²) in [6, 6.07) is 9.72. The average Bonchev–Trinajstić information content (AvgIpc) is 2.81. The maximum absolute atomic E-state index is 11.5. The second-order valence-corrected chi connectivity index (χ2v) is 3.45. The molecule has 0 bridgehead atoms. The highest BCUT2D eigenvalue weighted by Crippen LogP contribution is 2.12. The van der Waals surface area contributed by atoms with Gasteiger partial charge in [0.2, 0.25) is 0 Å². The summed E-state index contributed by atoms with van der Waals surface area (Å²) in [5, 5.41) is 0. The molecule has 0 saturated heterocycles. The molecule has 0 fully saturated rings. The Morgan fingerprint density at radius 3 is 2.75 bits per heavy atom. The molecule has 0 aliphatic carbocycles. The Morgan fingerprint density at radius 2 is 2.06 bits per heavy atom. The molecule has 0 saturated carbocycles. The summed E-state index contributed by atoms with van der Waals surface area (Å²) in [5.41, 5.74) is 1.01. The van der Waals surface area contributed by atoms with Gasteiger partial charge in [-0.15, -0.1) is 0 Å². The molecule has 80 valence electrons. The normalized spacial score (nSPS) is 16.9. The molecule has 1 aliphatic heterocycles. The van der Waals surface area contributed by atoms with E-state index < -0.39 is 0 Å². The molecular weight excluding hydrogens is 200 g/mol. The monoisotopic (exact) mass is 212 g/mol. The number of carbonyl (C=O) groups excluding carboxylic acids is 1. The Labute approximate surface area is 94.6 Å². The zero-order valence-corrected chi connectivity index (χ0v) is 8.80. The fourth-order valence-corrected chi connectivity index (χ4v) is 1.39. The molecule has 1 aliphatic rings. The summed E-state index contributed by atoms with van der Waals surface area (Å²) in [4.78, 5) is 11.5. The Hall–Kier alpha value is -2.09. The standard InChI is InChI=1S/C14H12O2/c15-13(11-14-7-4-10-16-14)9-8-12-5-2-1-3-6-12/h1-6,8-11H,7H2. The number of hydrogen-bond donors (Lipinski definition) is 0. The van der Waals surface area contributed by atoms with E-state index in [4.69, 9.17) is 4.74 Å². The van der Waals surface area contributed by atoms with Gasteiger partial charge in [0, 0.05) is 12.5 Å². The van der Waals surface area contributed by atoms with E-state index in [0.29, 0.717) is 12.2 Å². The number of ketones is 1. The highest BCUT2D eigenvalue weighted by Gasteiger charge is 2.02. The van der Waals surface area contributed by atoms with E-state index in [9.17, 15) is 4.79 Å². The lowest BCUT2D eigenvalue weighted by atomic mass is 10.2. The highest BCUT2D eigenvalue weighted by atomic mass is 16.5. The van der Waals surface area contributed by atoms with Crippen molar-refractivity contribution in [2.75, 3.05) is 0 Å². The second kappa shape index (κ2) is 5.12. The number of rotatable bonds is 3. The van der Waals surface area contributed by atoms with E-state index in [2.05, 4.69) is 0 Å². The molecule has 1 aromatic carbocycles. The van der Waals surface area contributed by atoms with Crippen molar-refractivity contribution in [2.45, 2.75) is 6.42 Å². The Balaban J connectivity index is 1.97. The van der Waals surface area contributed by atoms with Crippen LogP contribution in [-0.4, -0.2) is 5.78 Å². The molecule has 1 aromatic rings. The smallest absolute Gasteiger partial charge is 0.182 e. The van der Waals surface area contributed by atoms with E-state index in [-0.39, 0.29) is 5.78 Å². The first kappa shape index (κ1) is 10.4. The molecular formula is C14H12O2. The first-order chi connectivity index (χ1) is 7.84. The first-order valence-electron chi connectivity index (χ1n) is 5.14. The molecule has 0 N–H and O–H groups in total. The Morgan fingerprint density at radius 1 is 1.25 bits per heavy atom. The minimum Gasteiger partial charge on any atom is -0.469 e. The maximum atomic E-state index is 11.5. The predicted molar refractivity (Wildman–Crippen MR) is 63.4 cm³/mol. The Bertz CT molecular complexity index is 443. The molecule has 16 heavy (non-hydrogen) atoms. The highest BCUT2D eigenvalue weighted by molar-refractivity contribution is 6.02. The molecule has 0 amide bonds. The minimum atomic E-state index is -0.0532. The molecule has 0 spiro atoms. The predicted octanol–water partition coefficient (Wildman–Crippen LogP) is 3.09. The summed E-state index contributed by atoms with van der Waals surface area (Å²) >= 11 is 0. The van der Waals surface area contributed by atoms with Gasteiger partial charge in [-0.3, -0.25) is 4.79 Å². The van der Waals surface area contributed by atoms with Gasteiger partial charge in [0.15, 0.2) is 5.78 Å². The first-order valence-corrected chi connectivity index (χ1v) is 5.14. The van der Waals surface area contributed by atoms with Crippen LogP contribution in [0.5, 0.6) is 0 Å². The van der Waals surface area contributed by atoms with E-state index in [1.807, 2.05) is 36.4 Å². The topological polar surface area (TPSA) is 26.3 Å². The third-order valence-electron chi connectivity index (χ3n) is 2.18. The third kappa shape index (κ3) is 2.95. The lowest BCUT2D eigenvalue weighted by Crippen LogP contribution is -1.89. The molecule has 1 heterocycles. The van der Waals surface area contributed by atoms with Gasteiger partial charge in [0.25, 0.3) is 0 Å². The van der Waals surface area contributed by atoms with Crippen molar-refractivity contribution in [3.63, 3.8) is 0 Å². The maximum Gasteiger partial charge on any atom is 0.182 e. The van der Waals surface area contributed by atoms with Crippen LogP contribution >= 0.6 is 0 Å². The largest absolute Gasteiger partial charge is 0.469 e. The van der Waals surface area contributed by atoms with Crippen molar-refractivity contribution in [3.05, 3.63) is 66.1 Å². The van der Waals surface area contributed by atoms with Gasteiger partial charge in [-0.1, -0.05) is 36.4 Å². The van der Waals surface area contributed by atoms with E-state index in [1.165, 1.54) is 6.08 Å². The molecule has 2 heteroatoms. The van der Waals surface area contributed by atoms with Crippen LogP contribution in [0, 0.1) is 0 Å². The van der Waals surface area contributed by atoms with Gasteiger partial charge in [-0.2, -0.15) is 0 Å². The van der Waals surface area contributed by atoms with Crippen molar-refractivity contribution in [3.8, 4) is 0 Å². The van der Waals surface area contributed by atoms with Crippen LogP contribution in [0.15, 0.2) is 60.6 Å². The SMILES string of the molecule is O=C(C=Cc1ccccc1)C=C1CC=CO1. The zero-order chi connectivity index (χ0) is 11.2. The molecule has 2 rings (SSSR count). The second-order valence-electron chi connectivity index (χ2n) is 3.45. The quantitative estimate of drug-likeness (QED) is 0.720. The lowest BCUT2D eigenvalue weighted by Gasteiger charge is -1.94. The van der Waals surface area contributed by atoms with Gasteiger partial charge in [0.1, 0.15) is 5.76 Å². The van der Waals surface area contributed by atoms with Crippen molar-refractivity contribution in [1.29, 1.82) is 0 Å². The van der Waals surface area contributed by atoms with Crippen molar-refractivity contribution in [2.24, 2.45) is 0 Å². The van der Waals surface area contributed by atoms with Crippen LogP contribution in [-0.2, 0) is 9.53 Å². The van der Waals surface area contributed by atoms with Gasteiger partial charge < -0.3 is 4.74 Å². The molecule has 0 atom stereocenters. The van der Waals surface area contributed by atoms with E-state index in [1.54, 1.807) is 18.4 Å². The van der Waals surface area contributed by atoms with Gasteiger partial charge >= 0.3 is 0 Å². The average molecular weight is 212 g/mol. The Kier molecular flexibility index (Phi) is 3.34. The fraction of sp³-hybridized carbons (Fsp3) is 0.0714. The zero-order valence-electron chi connectivity index (χ0n) is 8.80. The summed E-state index contributed by atoms with van der Waals surface area (Å²) in [7, 11) is 0. The third-order valence-corrected chi connectivity index (χ3v) is 2.18. The number of allylic oxidation sites excluding steroid dienone is 3. The molecule has 0 aromatic heterocycles. The molecule has 0 radical (unpaired) electrons. The van der Waals surface area contributed by atoms with Crippen LogP contribution in [0.25, 0.3) is 6.08 Å². The minimum absolute atomic E-state index is 0.0532. The van der Waals surface area contributed by atoms with Gasteiger partial charge in [-0.25, -0.2) is 0 Å². The summed E-state index contributed by atoms with van der Waals surface area (Å²) in [5.74, 6) is 0.644. The van der Waals surface area contributed by atoms with Crippen molar-refractivity contribution < 1.29 is 9.53 Å². The fourth-order valence-electron chi connectivity index (χ4n) is 1.39. The van der Waals surface area contributed by atoms with Crippen LogP contribution in [0.2, 0.25) is 0 Å². The van der Waals surface area contributed by atoms with Crippen LogP contribution < -0.4 is 0 Å². The van der Waals surface area contributed by atoms with Crippen molar-refractivity contribution >= 4 is 11.9 Å². The number of carbonyl (C=O) groups is 1. The summed E-state index contributed by atoms with van der Waals surface area (Å²) in [6.07, 6.45) is 9.02. The summed E-state index contributed by atoms with van der Waals surface area (Å²) < 4.78 is 5.10. The number of ether oxygens (including phenoxy) is 1. The molecule has 0 unspecified atom stereocenters. The van der Waals surface area contributed by atoms with E-state index in [0.717, 1.165) is 5.56 Å². The van der Waals surface area contributed by atoms with Crippen LogP contribution in [0.3, 0.4) is 0 Å². The molecule has 2 nitrogen and oxygen atoms in total. The lowest BCUT2D eigenvalue weighted by molar-refractivity contribution is -0.110. The van der Waals surface area contributed by atoms with Gasteiger partial charge in [0.05, 0.1) is 6.26 Å². The summed E-state index contributed by atoms with van der Waals surface area (Å²) in [6.45, 7) is 0. The van der Waals surface area contributed by atoms with E-state index >= 15 is 0 Å². The van der Waals surface area contributed by atoms with Crippen LogP contribution in [0.4, 0.5) is 0 Å². The number of hydrogen-bond acceptors (Lipinski definition) is 2. The number of benzene rings is 1. The van der Waals surface area contributed by atoms with Gasteiger partial charge in [-0.05, 0) is 17.7 Å². The van der Waals surface area contributed by atoms with Crippen LogP contribution in [0.1, 0.15) is 12.0 Å².